The van der Waals surface area contributed by atoms with Gasteiger partial charge in [0.25, 0.3) is 0 Å². The van der Waals surface area contributed by atoms with Crippen molar-refractivity contribution < 1.29 is 10.2 Å². The summed E-state index contributed by atoms with van der Waals surface area (Å²) in [5.41, 5.74) is 4.67. The molecule has 0 rings (SSSR count). The fourth-order valence-electron chi connectivity index (χ4n) is 0. The number of allylic oxidation sites excluding steroid dienone is 1. The predicted molar refractivity (Wildman–Crippen MR) is 49.3 cm³/mol. The van der Waals surface area contributed by atoms with E-state index in [4.69, 9.17) is 10.2 Å². The Kier molecular flexibility index (Phi) is 34.7. The van der Waals surface area contributed by atoms with E-state index in [2.05, 4.69) is 19.6 Å². The summed E-state index contributed by atoms with van der Waals surface area (Å²) in [5, 5.41) is 15.5. The van der Waals surface area contributed by atoms with Crippen molar-refractivity contribution in [3.8, 4) is 0 Å². The quantitative estimate of drug-likeness (QED) is 0.376. The first kappa shape index (κ1) is 16.8. The van der Waals surface area contributed by atoms with Gasteiger partial charge in [0.2, 0.25) is 0 Å². The molecule has 3 heteroatoms. The second kappa shape index (κ2) is 22.7. The first-order valence-electron chi connectivity index (χ1n) is 3.75. The lowest BCUT2D eigenvalue weighted by molar-refractivity contribution is 0.203. The van der Waals surface area contributed by atoms with Gasteiger partial charge in [0.1, 0.15) is 0 Å². The molecule has 1 atom stereocenters. The van der Waals surface area contributed by atoms with E-state index >= 15 is 0 Å². The Hall–Kier alpha value is -0.540. The molecule has 11 heavy (non-hydrogen) atoms. The lowest BCUT2D eigenvalue weighted by Gasteiger charge is -1.82. The van der Waals surface area contributed by atoms with Crippen LogP contribution in [0.3, 0.4) is 0 Å². The average molecular weight is 163 g/mol. The zero-order valence-electron chi connectivity index (χ0n) is 7.91. The van der Waals surface area contributed by atoms with Gasteiger partial charge in [0.05, 0.1) is 12.5 Å². The van der Waals surface area contributed by atoms with Crippen LogP contribution in [0.2, 0.25) is 0 Å². The third-order valence-corrected chi connectivity index (χ3v) is 0.149. The molecule has 4 N–H and O–H groups in total. The molecule has 0 amide bonds. The monoisotopic (exact) mass is 163 g/mol. The summed E-state index contributed by atoms with van der Waals surface area (Å²) in [6.07, 6.45) is 3.14. The van der Waals surface area contributed by atoms with Crippen molar-refractivity contribution in [2.75, 3.05) is 0 Å². The Morgan fingerprint density at radius 3 is 1.55 bits per heavy atom. The molecule has 0 aliphatic heterocycles. The Morgan fingerprint density at radius 1 is 1.45 bits per heavy atom. The Labute approximate surface area is 69.5 Å². The van der Waals surface area contributed by atoms with Crippen LogP contribution in [0.25, 0.3) is 0 Å². The molecule has 0 heterocycles. The molecule has 3 nitrogen and oxygen atoms in total. The molecule has 0 aromatic heterocycles. The molecular weight excluding hydrogens is 142 g/mol. The smallest absolute Gasteiger partial charge is 0.0991 e. The number of nitrogens with two attached hydrogens (primary N) is 1. The molecule has 70 valence electrons. The molecule has 0 saturated carbocycles. The maximum absolute atomic E-state index is 7.83. The van der Waals surface area contributed by atoms with Gasteiger partial charge < -0.3 is 15.9 Å². The molecule has 0 fully saturated rings. The maximum Gasteiger partial charge on any atom is 0.0991 e. The highest BCUT2D eigenvalue weighted by atomic mass is 16.3. The Bertz CT molecular complexity index is 56.4. The fourth-order valence-corrected chi connectivity index (χ4v) is 0. The normalized spacial score (nSPS) is 10.7. The lowest BCUT2D eigenvalue weighted by atomic mass is 10.6. The van der Waals surface area contributed by atoms with Gasteiger partial charge in [-0.15, -0.1) is 0 Å². The van der Waals surface area contributed by atoms with Gasteiger partial charge in [-0.3, -0.25) is 0 Å². The lowest BCUT2D eigenvalue weighted by Crippen LogP contribution is -2.11. The van der Waals surface area contributed by atoms with Gasteiger partial charge in [-0.25, -0.2) is 0 Å². The molecule has 0 aromatic carbocycles. The largest absolute Gasteiger partial charge is 0.516 e. The summed E-state index contributed by atoms with van der Waals surface area (Å²) < 4.78 is 0. The SMILES string of the molecule is C/C=C\O.CC(N)O.CCC. The summed E-state index contributed by atoms with van der Waals surface area (Å²) in [7, 11) is 0. The molecule has 0 saturated heterocycles. The second-order valence-corrected chi connectivity index (χ2v) is 1.93. The van der Waals surface area contributed by atoms with Gasteiger partial charge in [0.15, 0.2) is 0 Å². The Balaban J connectivity index is -0.0000000886. The van der Waals surface area contributed by atoms with E-state index in [0.29, 0.717) is 0 Å². The highest BCUT2D eigenvalue weighted by molar-refractivity contribution is 4.60. The van der Waals surface area contributed by atoms with Crippen molar-refractivity contribution in [1.82, 2.24) is 0 Å². The van der Waals surface area contributed by atoms with Crippen molar-refractivity contribution in [3.63, 3.8) is 0 Å². The van der Waals surface area contributed by atoms with Crippen molar-refractivity contribution in [2.24, 2.45) is 5.73 Å². The number of hydrogen-bond donors (Lipinski definition) is 3. The zero-order valence-corrected chi connectivity index (χ0v) is 7.91. The molecule has 0 spiro atoms. The molecule has 0 aliphatic rings. The molecular formula is C8H21NO2. The minimum absolute atomic E-state index is 0.667. The Morgan fingerprint density at radius 2 is 1.55 bits per heavy atom. The minimum Gasteiger partial charge on any atom is -0.516 e. The maximum atomic E-state index is 7.83. The summed E-state index contributed by atoms with van der Waals surface area (Å²) in [4.78, 5) is 0. The van der Waals surface area contributed by atoms with E-state index in [-0.39, 0.29) is 0 Å². The first-order valence-corrected chi connectivity index (χ1v) is 3.75. The van der Waals surface area contributed by atoms with Crippen LogP contribution in [0.15, 0.2) is 12.3 Å². The number of aliphatic hydroxyl groups excluding tert-OH is 2. The van der Waals surface area contributed by atoms with E-state index in [1.807, 2.05) is 0 Å². The topological polar surface area (TPSA) is 66.5 Å². The van der Waals surface area contributed by atoms with Crippen LogP contribution >= 0.6 is 0 Å². The molecule has 0 aromatic rings. The third-order valence-electron chi connectivity index (χ3n) is 0.149. The van der Waals surface area contributed by atoms with E-state index in [0.717, 1.165) is 6.26 Å². The summed E-state index contributed by atoms with van der Waals surface area (Å²) in [5.74, 6) is 0. The minimum atomic E-state index is -0.667. The van der Waals surface area contributed by atoms with E-state index in [9.17, 15) is 0 Å². The van der Waals surface area contributed by atoms with Crippen molar-refractivity contribution in [1.29, 1.82) is 0 Å². The molecule has 0 radical (unpaired) electrons. The van der Waals surface area contributed by atoms with Crippen LogP contribution in [0.1, 0.15) is 34.1 Å². The van der Waals surface area contributed by atoms with Crippen LogP contribution in [0.5, 0.6) is 0 Å². The van der Waals surface area contributed by atoms with Crippen LogP contribution < -0.4 is 5.73 Å². The molecule has 0 bridgehead atoms. The van der Waals surface area contributed by atoms with E-state index in [1.165, 1.54) is 13.3 Å². The summed E-state index contributed by atoms with van der Waals surface area (Å²) >= 11 is 0. The van der Waals surface area contributed by atoms with Gasteiger partial charge >= 0.3 is 0 Å². The van der Waals surface area contributed by atoms with Crippen LogP contribution in [-0.2, 0) is 0 Å². The number of aliphatic hydroxyl groups is 2. The summed E-state index contributed by atoms with van der Waals surface area (Å²) in [6, 6.07) is 0. The van der Waals surface area contributed by atoms with Gasteiger partial charge in [-0.1, -0.05) is 26.3 Å². The van der Waals surface area contributed by atoms with Crippen LogP contribution in [0, 0.1) is 0 Å². The highest BCUT2D eigenvalue weighted by Gasteiger charge is 1.68. The number of rotatable bonds is 0. The van der Waals surface area contributed by atoms with Crippen molar-refractivity contribution in [3.05, 3.63) is 12.3 Å². The highest BCUT2D eigenvalue weighted by Crippen LogP contribution is 1.56. The number of hydrogen-bond acceptors (Lipinski definition) is 3. The average Bonchev–Trinajstić information content (AvgIpc) is 1.88. The first-order chi connectivity index (χ1) is 5.06. The predicted octanol–water partition coefficient (Wildman–Crippen LogP) is 1.78. The van der Waals surface area contributed by atoms with E-state index in [1.54, 1.807) is 13.0 Å². The standard InChI is InChI=1S/C3H6O.C3H8.C2H7NO/c1-2-3-4;1-3-2;1-2(3)4/h2-4H,1H3;3H2,1-2H3;2,4H,3H2,1H3/b3-2-;;. The summed E-state index contributed by atoms with van der Waals surface area (Å²) in [6.45, 7) is 7.50. The van der Waals surface area contributed by atoms with Gasteiger partial charge in [-0.05, 0) is 13.8 Å². The fraction of sp³-hybridized carbons (Fsp3) is 0.750. The zero-order chi connectivity index (χ0) is 9.70. The van der Waals surface area contributed by atoms with E-state index < -0.39 is 6.23 Å². The molecule has 0 aliphatic carbocycles. The van der Waals surface area contributed by atoms with Crippen molar-refractivity contribution in [2.45, 2.75) is 40.3 Å². The van der Waals surface area contributed by atoms with Crippen LogP contribution in [-0.4, -0.2) is 16.4 Å². The third kappa shape index (κ3) is 2490. The van der Waals surface area contributed by atoms with Gasteiger partial charge in [0, 0.05) is 0 Å². The van der Waals surface area contributed by atoms with Gasteiger partial charge in [-0.2, -0.15) is 0 Å². The van der Waals surface area contributed by atoms with Crippen molar-refractivity contribution >= 4 is 0 Å². The molecule has 1 unspecified atom stereocenters. The van der Waals surface area contributed by atoms with Crippen LogP contribution in [0.4, 0.5) is 0 Å². The second-order valence-electron chi connectivity index (χ2n) is 1.93.